The van der Waals surface area contributed by atoms with Crippen LogP contribution in [-0.2, 0) is 6.54 Å². The highest BCUT2D eigenvalue weighted by molar-refractivity contribution is 6.30. The summed E-state index contributed by atoms with van der Waals surface area (Å²) in [5.41, 5.74) is 6.34. The van der Waals surface area contributed by atoms with E-state index in [4.69, 9.17) is 11.6 Å². The summed E-state index contributed by atoms with van der Waals surface area (Å²) < 4.78 is 1.22. The van der Waals surface area contributed by atoms with Crippen LogP contribution in [0.2, 0.25) is 5.02 Å². The molecule has 0 fully saturated rings. The Bertz CT molecular complexity index is 852. The maximum atomic E-state index is 12.0. The standard InChI is InChI=1S/C15H13ClN6O/c16-12-6-7-17-13(8-12)22-10-18-14(20-15(22)23)21-19-9-11-4-2-1-3-5-11/h1-8,10,19H,9H2,(H,20,21,23). The van der Waals surface area contributed by atoms with Crippen LogP contribution in [0.1, 0.15) is 5.56 Å². The quantitative estimate of drug-likeness (QED) is 0.695. The van der Waals surface area contributed by atoms with Crippen LogP contribution in [-0.4, -0.2) is 19.5 Å². The summed E-state index contributed by atoms with van der Waals surface area (Å²) >= 11 is 5.89. The predicted octanol–water partition coefficient (Wildman–Crippen LogP) is 1.79. The van der Waals surface area contributed by atoms with E-state index in [9.17, 15) is 4.79 Å². The summed E-state index contributed by atoms with van der Waals surface area (Å²) in [6.45, 7) is 0.573. The minimum absolute atomic E-state index is 0.184. The maximum absolute atomic E-state index is 12.0. The third kappa shape index (κ3) is 3.91. The second-order valence-electron chi connectivity index (χ2n) is 4.63. The largest absolute Gasteiger partial charge is 0.357 e. The number of hydrogen-bond donors (Lipinski definition) is 2. The van der Waals surface area contributed by atoms with Crippen LogP contribution in [0.3, 0.4) is 0 Å². The first-order valence-electron chi connectivity index (χ1n) is 6.83. The Balaban J connectivity index is 1.69. The van der Waals surface area contributed by atoms with Gasteiger partial charge < -0.3 is 0 Å². The number of hydrazine groups is 1. The molecular formula is C15H13ClN6O. The molecule has 0 aliphatic carbocycles. The van der Waals surface area contributed by atoms with E-state index < -0.39 is 5.69 Å². The summed E-state index contributed by atoms with van der Waals surface area (Å²) in [5.74, 6) is 0.551. The molecular weight excluding hydrogens is 316 g/mol. The molecule has 2 N–H and O–H groups in total. The molecule has 0 amide bonds. The first kappa shape index (κ1) is 15.1. The Hall–Kier alpha value is -2.77. The highest BCUT2D eigenvalue weighted by atomic mass is 35.5. The van der Waals surface area contributed by atoms with Crippen LogP contribution in [0.15, 0.2) is 59.8 Å². The second kappa shape index (κ2) is 6.99. The van der Waals surface area contributed by atoms with Crippen LogP contribution >= 0.6 is 11.6 Å². The Morgan fingerprint density at radius 3 is 2.70 bits per heavy atom. The van der Waals surface area contributed by atoms with Gasteiger partial charge in [-0.2, -0.15) is 4.98 Å². The zero-order chi connectivity index (χ0) is 16.1. The van der Waals surface area contributed by atoms with Gasteiger partial charge in [0.25, 0.3) is 0 Å². The normalized spacial score (nSPS) is 10.5. The molecule has 0 spiro atoms. The number of benzene rings is 1. The third-order valence-corrected chi connectivity index (χ3v) is 3.23. The van der Waals surface area contributed by atoms with Crippen molar-refractivity contribution in [2.45, 2.75) is 6.54 Å². The first-order chi connectivity index (χ1) is 11.2. The lowest BCUT2D eigenvalue weighted by Crippen LogP contribution is -2.28. The van der Waals surface area contributed by atoms with Gasteiger partial charge in [-0.25, -0.2) is 24.8 Å². The van der Waals surface area contributed by atoms with Gasteiger partial charge in [-0.15, -0.1) is 0 Å². The van der Waals surface area contributed by atoms with Gasteiger partial charge in [0.05, 0.1) is 0 Å². The average molecular weight is 329 g/mol. The van der Waals surface area contributed by atoms with Crippen molar-refractivity contribution in [2.24, 2.45) is 0 Å². The van der Waals surface area contributed by atoms with Gasteiger partial charge in [-0.05, 0) is 11.6 Å². The minimum Gasteiger partial charge on any atom is -0.289 e. The van der Waals surface area contributed by atoms with Crippen molar-refractivity contribution < 1.29 is 0 Å². The summed E-state index contributed by atoms with van der Waals surface area (Å²) in [4.78, 5) is 24.0. The van der Waals surface area contributed by atoms with Gasteiger partial charge in [0.2, 0.25) is 5.95 Å². The topological polar surface area (TPSA) is 84.7 Å². The molecule has 8 heteroatoms. The van der Waals surface area contributed by atoms with Gasteiger partial charge in [0, 0.05) is 23.8 Å². The molecule has 0 saturated heterocycles. The number of pyridine rings is 1. The SMILES string of the molecule is O=c1nc(NNCc2ccccc2)ncn1-c1cc(Cl)ccn1. The highest BCUT2D eigenvalue weighted by Crippen LogP contribution is 2.09. The Labute approximate surface area is 137 Å². The molecule has 0 unspecified atom stereocenters. The molecule has 3 rings (SSSR count). The van der Waals surface area contributed by atoms with Gasteiger partial charge in [0.1, 0.15) is 12.1 Å². The van der Waals surface area contributed by atoms with Crippen LogP contribution in [0.4, 0.5) is 5.95 Å². The van der Waals surface area contributed by atoms with Crippen molar-refractivity contribution >= 4 is 17.5 Å². The molecule has 0 saturated carbocycles. The van der Waals surface area contributed by atoms with E-state index in [1.165, 1.54) is 17.1 Å². The lowest BCUT2D eigenvalue weighted by molar-refractivity contribution is 0.763. The van der Waals surface area contributed by atoms with E-state index in [1.807, 2.05) is 30.3 Å². The van der Waals surface area contributed by atoms with Crippen molar-refractivity contribution in [1.29, 1.82) is 0 Å². The van der Waals surface area contributed by atoms with E-state index in [-0.39, 0.29) is 5.95 Å². The van der Waals surface area contributed by atoms with Gasteiger partial charge in [-0.1, -0.05) is 41.9 Å². The molecule has 23 heavy (non-hydrogen) atoms. The second-order valence-corrected chi connectivity index (χ2v) is 5.07. The smallest absolute Gasteiger partial charge is 0.289 e. The Morgan fingerprint density at radius 1 is 1.13 bits per heavy atom. The molecule has 0 atom stereocenters. The summed E-state index contributed by atoms with van der Waals surface area (Å²) in [5, 5.41) is 0.480. The number of hydrogen-bond acceptors (Lipinski definition) is 6. The van der Waals surface area contributed by atoms with Crippen molar-refractivity contribution in [1.82, 2.24) is 24.9 Å². The van der Waals surface area contributed by atoms with Crippen LogP contribution < -0.4 is 16.5 Å². The zero-order valence-corrected chi connectivity index (χ0v) is 12.7. The van der Waals surface area contributed by atoms with E-state index in [2.05, 4.69) is 25.8 Å². The summed E-state index contributed by atoms with van der Waals surface area (Å²) in [6, 6.07) is 13.0. The molecule has 0 bridgehead atoms. The van der Waals surface area contributed by atoms with Crippen molar-refractivity contribution in [3.63, 3.8) is 0 Å². The molecule has 0 aliphatic heterocycles. The van der Waals surface area contributed by atoms with Crippen molar-refractivity contribution in [3.8, 4) is 5.82 Å². The molecule has 116 valence electrons. The maximum Gasteiger partial charge on any atom is 0.357 e. The van der Waals surface area contributed by atoms with Gasteiger partial charge >= 0.3 is 5.69 Å². The highest BCUT2D eigenvalue weighted by Gasteiger charge is 2.05. The van der Waals surface area contributed by atoms with Crippen LogP contribution in [0, 0.1) is 0 Å². The number of rotatable bonds is 5. The molecule has 3 aromatic rings. The number of aromatic nitrogens is 4. The number of nitrogens with one attached hydrogen (secondary N) is 2. The fourth-order valence-electron chi connectivity index (χ4n) is 1.90. The van der Waals surface area contributed by atoms with Crippen molar-refractivity contribution in [2.75, 3.05) is 5.43 Å². The molecule has 2 heterocycles. The Morgan fingerprint density at radius 2 is 1.96 bits per heavy atom. The minimum atomic E-state index is -0.501. The van der Waals surface area contributed by atoms with Gasteiger partial charge in [-0.3, -0.25) is 5.43 Å². The number of halogens is 1. The summed E-state index contributed by atoms with van der Waals surface area (Å²) in [7, 11) is 0. The fourth-order valence-corrected chi connectivity index (χ4v) is 2.05. The van der Waals surface area contributed by atoms with E-state index in [0.717, 1.165) is 5.56 Å². The molecule has 1 aromatic carbocycles. The van der Waals surface area contributed by atoms with E-state index in [1.54, 1.807) is 12.1 Å². The number of nitrogens with zero attached hydrogens (tertiary/aromatic N) is 4. The predicted molar refractivity (Wildman–Crippen MR) is 87.3 cm³/mol. The molecule has 0 aliphatic rings. The monoisotopic (exact) mass is 328 g/mol. The van der Waals surface area contributed by atoms with Crippen LogP contribution in [0.25, 0.3) is 5.82 Å². The lowest BCUT2D eigenvalue weighted by atomic mass is 10.2. The summed E-state index contributed by atoms with van der Waals surface area (Å²) in [6.07, 6.45) is 2.86. The number of anilines is 1. The lowest BCUT2D eigenvalue weighted by Gasteiger charge is -2.08. The van der Waals surface area contributed by atoms with Gasteiger partial charge in [0.15, 0.2) is 0 Å². The Kier molecular flexibility index (Phi) is 4.60. The molecule has 2 aromatic heterocycles. The van der Waals surface area contributed by atoms with E-state index >= 15 is 0 Å². The van der Waals surface area contributed by atoms with Crippen LogP contribution in [0.5, 0.6) is 0 Å². The zero-order valence-electron chi connectivity index (χ0n) is 12.0. The first-order valence-corrected chi connectivity index (χ1v) is 7.20. The average Bonchev–Trinajstić information content (AvgIpc) is 2.56. The molecule has 7 nitrogen and oxygen atoms in total. The molecule has 0 radical (unpaired) electrons. The third-order valence-electron chi connectivity index (χ3n) is 2.99. The van der Waals surface area contributed by atoms with E-state index in [0.29, 0.717) is 17.4 Å². The fraction of sp³-hybridized carbons (Fsp3) is 0.0667. The van der Waals surface area contributed by atoms with Crippen molar-refractivity contribution in [3.05, 3.63) is 76.1 Å².